The zero-order valence-electron chi connectivity index (χ0n) is 11.1. The third-order valence-corrected chi connectivity index (χ3v) is 4.07. The summed E-state index contributed by atoms with van der Waals surface area (Å²) in [6.07, 6.45) is 1.93. The van der Waals surface area contributed by atoms with Crippen LogP contribution >= 0.6 is 11.8 Å². The summed E-state index contributed by atoms with van der Waals surface area (Å²) in [5.41, 5.74) is 1.27. The summed E-state index contributed by atoms with van der Waals surface area (Å²) in [6, 6.07) is 8.05. The summed E-state index contributed by atoms with van der Waals surface area (Å²) < 4.78 is 5.12. The highest BCUT2D eigenvalue weighted by Crippen LogP contribution is 2.12. The van der Waals surface area contributed by atoms with Crippen LogP contribution in [0.1, 0.15) is 12.0 Å². The van der Waals surface area contributed by atoms with Gasteiger partial charge in [-0.1, -0.05) is 12.1 Å². The number of nitrogens with one attached hydrogen (secondary N) is 2. The van der Waals surface area contributed by atoms with Crippen LogP contribution < -0.4 is 15.4 Å². The average Bonchev–Trinajstić information content (AvgIpc) is 2.98. The SMILES string of the molecule is COc1ccc(CCCNC(=O)[C@@H]2CSCN2)cc1. The summed E-state index contributed by atoms with van der Waals surface area (Å²) in [7, 11) is 1.67. The third kappa shape index (κ3) is 4.44. The average molecular weight is 280 g/mol. The van der Waals surface area contributed by atoms with Gasteiger partial charge in [0.15, 0.2) is 0 Å². The van der Waals surface area contributed by atoms with Crippen molar-refractivity contribution in [2.24, 2.45) is 0 Å². The van der Waals surface area contributed by atoms with Gasteiger partial charge in [-0.15, -0.1) is 11.8 Å². The number of rotatable bonds is 6. The van der Waals surface area contributed by atoms with Crippen molar-refractivity contribution in [3.63, 3.8) is 0 Å². The molecular formula is C14H20N2O2S. The lowest BCUT2D eigenvalue weighted by molar-refractivity contribution is -0.122. The van der Waals surface area contributed by atoms with Crippen LogP contribution in [-0.4, -0.2) is 37.2 Å². The van der Waals surface area contributed by atoms with E-state index in [-0.39, 0.29) is 11.9 Å². The normalized spacial score (nSPS) is 18.3. The number of thioether (sulfide) groups is 1. The topological polar surface area (TPSA) is 50.4 Å². The second-order valence-electron chi connectivity index (χ2n) is 4.51. The van der Waals surface area contributed by atoms with Gasteiger partial charge >= 0.3 is 0 Å². The molecule has 0 spiro atoms. The molecule has 0 bridgehead atoms. The zero-order chi connectivity index (χ0) is 13.5. The Balaban J connectivity index is 1.64. The molecule has 1 heterocycles. The van der Waals surface area contributed by atoms with Crippen molar-refractivity contribution in [1.29, 1.82) is 0 Å². The Labute approximate surface area is 118 Å². The first-order valence-electron chi connectivity index (χ1n) is 6.51. The first kappa shape index (κ1) is 14.2. The Morgan fingerprint density at radius 1 is 1.47 bits per heavy atom. The van der Waals surface area contributed by atoms with E-state index in [0.717, 1.165) is 36.8 Å². The first-order valence-corrected chi connectivity index (χ1v) is 7.67. The first-order chi connectivity index (χ1) is 9.29. The number of benzene rings is 1. The van der Waals surface area contributed by atoms with Crippen LogP contribution in [0, 0.1) is 0 Å². The Hall–Kier alpha value is -1.20. The van der Waals surface area contributed by atoms with Crippen LogP contribution in [0.5, 0.6) is 5.75 Å². The van der Waals surface area contributed by atoms with E-state index < -0.39 is 0 Å². The van der Waals surface area contributed by atoms with Crippen molar-refractivity contribution in [2.45, 2.75) is 18.9 Å². The van der Waals surface area contributed by atoms with Crippen molar-refractivity contribution in [1.82, 2.24) is 10.6 Å². The van der Waals surface area contributed by atoms with E-state index in [4.69, 9.17) is 4.74 Å². The van der Waals surface area contributed by atoms with E-state index in [1.54, 1.807) is 18.9 Å². The van der Waals surface area contributed by atoms with E-state index in [1.165, 1.54) is 5.56 Å². The molecule has 19 heavy (non-hydrogen) atoms. The van der Waals surface area contributed by atoms with Crippen molar-refractivity contribution < 1.29 is 9.53 Å². The van der Waals surface area contributed by atoms with Gasteiger partial charge in [0.25, 0.3) is 0 Å². The van der Waals surface area contributed by atoms with Crippen molar-refractivity contribution in [3.8, 4) is 5.75 Å². The summed E-state index contributed by atoms with van der Waals surface area (Å²) in [6.45, 7) is 0.730. The number of carbonyl (C=O) groups excluding carboxylic acids is 1. The standard InChI is InChI=1S/C14H20N2O2S/c1-18-12-6-4-11(5-7-12)3-2-8-15-14(17)13-9-19-10-16-13/h4-7,13,16H,2-3,8-10H2,1H3,(H,15,17)/t13-/m0/s1. The zero-order valence-corrected chi connectivity index (χ0v) is 12.0. The highest BCUT2D eigenvalue weighted by molar-refractivity contribution is 7.99. The predicted molar refractivity (Wildman–Crippen MR) is 78.6 cm³/mol. The molecule has 1 amide bonds. The van der Waals surface area contributed by atoms with Gasteiger partial charge < -0.3 is 10.1 Å². The fourth-order valence-electron chi connectivity index (χ4n) is 1.98. The molecule has 1 aliphatic heterocycles. The number of hydrogen-bond acceptors (Lipinski definition) is 4. The molecule has 5 heteroatoms. The lowest BCUT2D eigenvalue weighted by Gasteiger charge is -2.10. The monoisotopic (exact) mass is 280 g/mol. The lowest BCUT2D eigenvalue weighted by atomic mass is 10.1. The Bertz CT molecular complexity index is 402. The Kier molecular flexibility index (Phi) is 5.54. The second kappa shape index (κ2) is 7.40. The van der Waals surface area contributed by atoms with Crippen LogP contribution in [0.4, 0.5) is 0 Å². The van der Waals surface area contributed by atoms with Gasteiger partial charge in [-0.25, -0.2) is 0 Å². The molecule has 1 aromatic rings. The summed E-state index contributed by atoms with van der Waals surface area (Å²) in [4.78, 5) is 11.7. The van der Waals surface area contributed by atoms with Crippen LogP contribution in [0.2, 0.25) is 0 Å². The molecule has 0 aromatic heterocycles. The maximum Gasteiger partial charge on any atom is 0.238 e. The molecule has 1 aliphatic rings. The lowest BCUT2D eigenvalue weighted by Crippen LogP contribution is -2.42. The van der Waals surface area contributed by atoms with Gasteiger partial charge in [-0.3, -0.25) is 10.1 Å². The molecule has 0 saturated carbocycles. The van der Waals surface area contributed by atoms with Gasteiger partial charge in [-0.2, -0.15) is 0 Å². The third-order valence-electron chi connectivity index (χ3n) is 3.13. The number of amides is 1. The molecule has 1 atom stereocenters. The molecule has 4 nitrogen and oxygen atoms in total. The summed E-state index contributed by atoms with van der Waals surface area (Å²) >= 11 is 1.77. The van der Waals surface area contributed by atoms with Crippen LogP contribution in [0.25, 0.3) is 0 Å². The minimum atomic E-state index is -0.00835. The molecule has 0 unspecified atom stereocenters. The Morgan fingerprint density at radius 3 is 2.89 bits per heavy atom. The van der Waals surface area contributed by atoms with Crippen molar-refractivity contribution in [2.75, 3.05) is 25.3 Å². The van der Waals surface area contributed by atoms with E-state index in [0.29, 0.717) is 0 Å². The Morgan fingerprint density at radius 2 is 2.26 bits per heavy atom. The quantitative estimate of drug-likeness (QED) is 0.774. The highest BCUT2D eigenvalue weighted by atomic mass is 32.2. The smallest absolute Gasteiger partial charge is 0.238 e. The fraction of sp³-hybridized carbons (Fsp3) is 0.500. The number of aryl methyl sites for hydroxylation is 1. The summed E-state index contributed by atoms with van der Waals surface area (Å²) in [5.74, 6) is 2.76. The predicted octanol–water partition coefficient (Wildman–Crippen LogP) is 1.41. The molecule has 2 rings (SSSR count). The van der Waals surface area contributed by atoms with Gasteiger partial charge in [0, 0.05) is 18.2 Å². The van der Waals surface area contributed by atoms with Crippen LogP contribution in [-0.2, 0) is 11.2 Å². The van der Waals surface area contributed by atoms with E-state index in [9.17, 15) is 4.79 Å². The van der Waals surface area contributed by atoms with Crippen LogP contribution in [0.3, 0.4) is 0 Å². The molecule has 0 aliphatic carbocycles. The fourth-order valence-corrected chi connectivity index (χ4v) is 2.92. The molecular weight excluding hydrogens is 260 g/mol. The molecule has 2 N–H and O–H groups in total. The number of carbonyl (C=O) groups is 1. The number of ether oxygens (including phenoxy) is 1. The second-order valence-corrected chi connectivity index (χ2v) is 5.54. The molecule has 1 fully saturated rings. The minimum Gasteiger partial charge on any atom is -0.497 e. The molecule has 104 valence electrons. The number of methoxy groups -OCH3 is 1. The van der Waals surface area contributed by atoms with E-state index in [2.05, 4.69) is 22.8 Å². The van der Waals surface area contributed by atoms with E-state index in [1.807, 2.05) is 12.1 Å². The van der Waals surface area contributed by atoms with Crippen LogP contribution in [0.15, 0.2) is 24.3 Å². The largest absolute Gasteiger partial charge is 0.497 e. The van der Waals surface area contributed by atoms with Gasteiger partial charge in [0.2, 0.25) is 5.91 Å². The summed E-state index contributed by atoms with van der Waals surface area (Å²) in [5, 5.41) is 6.14. The van der Waals surface area contributed by atoms with Gasteiger partial charge in [0.05, 0.1) is 13.2 Å². The van der Waals surface area contributed by atoms with E-state index >= 15 is 0 Å². The highest BCUT2D eigenvalue weighted by Gasteiger charge is 2.21. The molecule has 0 radical (unpaired) electrons. The van der Waals surface area contributed by atoms with Crippen molar-refractivity contribution in [3.05, 3.63) is 29.8 Å². The molecule has 1 saturated heterocycles. The maximum absolute atomic E-state index is 11.7. The van der Waals surface area contributed by atoms with Crippen molar-refractivity contribution >= 4 is 17.7 Å². The molecule has 1 aromatic carbocycles. The van der Waals surface area contributed by atoms with Gasteiger partial charge in [0.1, 0.15) is 5.75 Å². The maximum atomic E-state index is 11.7. The van der Waals surface area contributed by atoms with Gasteiger partial charge in [-0.05, 0) is 30.5 Å². The minimum absolute atomic E-state index is 0.00835. The number of hydrogen-bond donors (Lipinski definition) is 2.